The molecule has 0 radical (unpaired) electrons. The Balaban J connectivity index is 1.64. The van der Waals surface area contributed by atoms with E-state index in [1.165, 1.54) is 0 Å². The number of furan rings is 1. The van der Waals surface area contributed by atoms with Crippen LogP contribution in [0.1, 0.15) is 11.4 Å². The first-order chi connectivity index (χ1) is 10.9. The summed E-state index contributed by atoms with van der Waals surface area (Å²) >= 11 is 0. The van der Waals surface area contributed by atoms with Gasteiger partial charge in [-0.15, -0.1) is 0 Å². The summed E-state index contributed by atoms with van der Waals surface area (Å²) in [6, 6.07) is 20.1. The van der Waals surface area contributed by atoms with E-state index in [1.54, 1.807) is 6.26 Å². The van der Waals surface area contributed by atoms with Gasteiger partial charge in [-0.05, 0) is 42.0 Å². The lowest BCUT2D eigenvalue weighted by Crippen LogP contribution is -1.78. The number of hydrogen-bond acceptors (Lipinski definition) is 2. The molecule has 0 atom stereocenters. The Morgan fingerprint density at radius 2 is 1.86 bits per heavy atom. The van der Waals surface area contributed by atoms with Crippen molar-refractivity contribution >= 4 is 23.2 Å². The topological polar surface area (TPSA) is 41.8 Å². The molecule has 0 spiro atoms. The molecule has 0 amide bonds. The highest BCUT2D eigenvalue weighted by molar-refractivity contribution is 5.79. The molecule has 2 aromatic carbocycles. The molecule has 0 bridgehead atoms. The molecular weight excluding hydrogens is 272 g/mol. The Labute approximate surface area is 127 Å². The first-order valence-corrected chi connectivity index (χ1v) is 7.15. The molecule has 0 aliphatic rings. The largest absolute Gasteiger partial charge is 0.464 e. The van der Waals surface area contributed by atoms with Gasteiger partial charge in [0.2, 0.25) is 0 Å². The molecule has 3 heteroatoms. The zero-order valence-corrected chi connectivity index (χ0v) is 11.9. The molecule has 1 N–H and O–H groups in total. The van der Waals surface area contributed by atoms with Crippen LogP contribution in [-0.2, 0) is 0 Å². The molecular formula is C19H14N2O. The van der Waals surface area contributed by atoms with Gasteiger partial charge in [-0.25, -0.2) is 4.98 Å². The lowest BCUT2D eigenvalue weighted by molar-refractivity contribution is 0.582. The van der Waals surface area contributed by atoms with Crippen LogP contribution in [0.25, 0.3) is 34.5 Å². The zero-order valence-electron chi connectivity index (χ0n) is 11.9. The van der Waals surface area contributed by atoms with E-state index in [-0.39, 0.29) is 0 Å². The second kappa shape index (κ2) is 5.37. The minimum absolute atomic E-state index is 0.851. The molecule has 4 rings (SSSR count). The van der Waals surface area contributed by atoms with Crippen LogP contribution in [0.3, 0.4) is 0 Å². The lowest BCUT2D eigenvalue weighted by atomic mass is 10.1. The average molecular weight is 286 g/mol. The minimum atomic E-state index is 0.851. The summed E-state index contributed by atoms with van der Waals surface area (Å²) < 4.78 is 5.43. The number of hydrogen-bond donors (Lipinski definition) is 1. The van der Waals surface area contributed by atoms with E-state index in [4.69, 9.17) is 4.42 Å². The zero-order chi connectivity index (χ0) is 14.8. The third-order valence-corrected chi connectivity index (χ3v) is 3.53. The van der Waals surface area contributed by atoms with Crippen LogP contribution in [0, 0.1) is 0 Å². The van der Waals surface area contributed by atoms with Crippen LogP contribution in [0.4, 0.5) is 0 Å². The normalized spacial score (nSPS) is 11.5. The highest BCUT2D eigenvalue weighted by atomic mass is 16.3. The van der Waals surface area contributed by atoms with Crippen LogP contribution in [0.15, 0.2) is 71.3 Å². The fourth-order valence-electron chi connectivity index (χ4n) is 2.47. The van der Waals surface area contributed by atoms with Crippen LogP contribution in [-0.4, -0.2) is 9.97 Å². The van der Waals surface area contributed by atoms with E-state index in [2.05, 4.69) is 22.1 Å². The number of nitrogens with one attached hydrogen (secondary N) is 1. The Hall–Kier alpha value is -3.07. The van der Waals surface area contributed by atoms with Crippen molar-refractivity contribution in [3.63, 3.8) is 0 Å². The molecule has 106 valence electrons. The maximum Gasteiger partial charge on any atom is 0.133 e. The van der Waals surface area contributed by atoms with E-state index >= 15 is 0 Å². The maximum atomic E-state index is 5.43. The Morgan fingerprint density at radius 1 is 0.909 bits per heavy atom. The summed E-state index contributed by atoms with van der Waals surface area (Å²) in [4.78, 5) is 7.83. The van der Waals surface area contributed by atoms with E-state index in [0.717, 1.165) is 33.7 Å². The SMILES string of the molecule is C(=C\c1nc2ccccc2[nH]1)/c1cccc(-c2ccco2)c1. The monoisotopic (exact) mass is 286 g/mol. The van der Waals surface area contributed by atoms with Crippen molar-refractivity contribution in [2.24, 2.45) is 0 Å². The predicted molar refractivity (Wildman–Crippen MR) is 89.2 cm³/mol. The number of aromatic amines is 1. The maximum absolute atomic E-state index is 5.43. The summed E-state index contributed by atoms with van der Waals surface area (Å²) in [5.74, 6) is 1.73. The number of H-pyrrole nitrogens is 1. The van der Waals surface area contributed by atoms with Gasteiger partial charge in [-0.3, -0.25) is 0 Å². The number of fused-ring (bicyclic) bond motifs is 1. The van der Waals surface area contributed by atoms with Gasteiger partial charge in [0.05, 0.1) is 17.3 Å². The molecule has 3 nitrogen and oxygen atoms in total. The predicted octanol–water partition coefficient (Wildman–Crippen LogP) is 4.99. The van der Waals surface area contributed by atoms with Gasteiger partial charge in [-0.2, -0.15) is 0 Å². The van der Waals surface area contributed by atoms with Crippen molar-refractivity contribution < 1.29 is 4.42 Å². The Kier molecular flexibility index (Phi) is 3.09. The van der Waals surface area contributed by atoms with Gasteiger partial charge in [0.25, 0.3) is 0 Å². The molecule has 0 aliphatic heterocycles. The summed E-state index contributed by atoms with van der Waals surface area (Å²) in [5.41, 5.74) is 4.20. The highest BCUT2D eigenvalue weighted by Crippen LogP contribution is 2.21. The number of benzene rings is 2. The fourth-order valence-corrected chi connectivity index (χ4v) is 2.47. The van der Waals surface area contributed by atoms with Crippen molar-refractivity contribution in [2.45, 2.75) is 0 Å². The lowest BCUT2D eigenvalue weighted by Gasteiger charge is -1.98. The van der Waals surface area contributed by atoms with E-state index in [1.807, 2.05) is 60.7 Å². The molecule has 22 heavy (non-hydrogen) atoms. The summed E-state index contributed by atoms with van der Waals surface area (Å²) in [6.45, 7) is 0. The third kappa shape index (κ3) is 2.44. The number of imidazole rings is 1. The van der Waals surface area contributed by atoms with Crippen LogP contribution < -0.4 is 0 Å². The number of para-hydroxylation sites is 2. The van der Waals surface area contributed by atoms with Crippen LogP contribution in [0.5, 0.6) is 0 Å². The minimum Gasteiger partial charge on any atom is -0.464 e. The second-order valence-electron chi connectivity index (χ2n) is 5.08. The van der Waals surface area contributed by atoms with Gasteiger partial charge in [-0.1, -0.05) is 36.4 Å². The van der Waals surface area contributed by atoms with E-state index < -0.39 is 0 Å². The third-order valence-electron chi connectivity index (χ3n) is 3.53. The molecule has 0 saturated carbocycles. The standard InChI is InChI=1S/C19H14N2O/c1-2-8-17-16(7-1)20-19(21-17)11-10-14-5-3-6-15(13-14)18-9-4-12-22-18/h1-13H,(H,20,21)/b11-10+. The molecule has 4 aromatic rings. The van der Waals surface area contributed by atoms with E-state index in [0.29, 0.717) is 0 Å². The van der Waals surface area contributed by atoms with Crippen LogP contribution >= 0.6 is 0 Å². The van der Waals surface area contributed by atoms with Crippen molar-refractivity contribution in [1.29, 1.82) is 0 Å². The highest BCUT2D eigenvalue weighted by Gasteiger charge is 2.01. The first kappa shape index (κ1) is 12.7. The number of aromatic nitrogens is 2. The molecule has 0 aliphatic carbocycles. The summed E-state index contributed by atoms with van der Waals surface area (Å²) in [7, 11) is 0. The van der Waals surface area contributed by atoms with Gasteiger partial charge in [0.15, 0.2) is 0 Å². The second-order valence-corrected chi connectivity index (χ2v) is 5.08. The van der Waals surface area contributed by atoms with E-state index in [9.17, 15) is 0 Å². The summed E-state index contributed by atoms with van der Waals surface area (Å²) in [5, 5.41) is 0. The van der Waals surface area contributed by atoms with Gasteiger partial charge in [0, 0.05) is 5.56 Å². The quantitative estimate of drug-likeness (QED) is 0.576. The first-order valence-electron chi connectivity index (χ1n) is 7.15. The Morgan fingerprint density at radius 3 is 2.73 bits per heavy atom. The summed E-state index contributed by atoms with van der Waals surface area (Å²) in [6.07, 6.45) is 5.72. The van der Waals surface area contributed by atoms with Crippen LogP contribution in [0.2, 0.25) is 0 Å². The van der Waals surface area contributed by atoms with Crippen molar-refractivity contribution in [3.8, 4) is 11.3 Å². The van der Waals surface area contributed by atoms with Gasteiger partial charge < -0.3 is 9.40 Å². The molecule has 0 unspecified atom stereocenters. The fraction of sp³-hybridized carbons (Fsp3) is 0. The van der Waals surface area contributed by atoms with Crippen molar-refractivity contribution in [1.82, 2.24) is 9.97 Å². The average Bonchev–Trinajstić information content (AvgIpc) is 3.22. The van der Waals surface area contributed by atoms with Crippen molar-refractivity contribution in [3.05, 3.63) is 78.3 Å². The van der Waals surface area contributed by atoms with Gasteiger partial charge in [0.1, 0.15) is 11.6 Å². The molecule has 2 aromatic heterocycles. The van der Waals surface area contributed by atoms with Gasteiger partial charge >= 0.3 is 0 Å². The molecule has 2 heterocycles. The molecule has 0 saturated heterocycles. The van der Waals surface area contributed by atoms with Crippen molar-refractivity contribution in [2.75, 3.05) is 0 Å². The molecule has 0 fully saturated rings. The number of rotatable bonds is 3. The Bertz CT molecular complexity index is 900. The number of nitrogens with zero attached hydrogens (tertiary/aromatic N) is 1. The smallest absolute Gasteiger partial charge is 0.133 e.